The second-order valence-electron chi connectivity index (χ2n) is 4.27. The van der Waals surface area contributed by atoms with Crippen molar-refractivity contribution in [3.63, 3.8) is 0 Å². The summed E-state index contributed by atoms with van der Waals surface area (Å²) in [6.07, 6.45) is 2.41. The van der Waals surface area contributed by atoms with Crippen molar-refractivity contribution in [2.24, 2.45) is 0 Å². The van der Waals surface area contributed by atoms with Crippen LogP contribution in [0.1, 0.15) is 36.5 Å². The summed E-state index contributed by atoms with van der Waals surface area (Å²) in [4.78, 5) is 11.4. The highest BCUT2D eigenvalue weighted by molar-refractivity contribution is 5.76. The SMILES string of the molecule is CCCNC(=O)CCc1ccc(C)c(C)c1. The first-order chi connectivity index (χ1) is 7.63. The van der Waals surface area contributed by atoms with Crippen molar-refractivity contribution >= 4 is 5.91 Å². The second-order valence-corrected chi connectivity index (χ2v) is 4.27. The average Bonchev–Trinajstić information content (AvgIpc) is 2.28. The number of hydrogen-bond donors (Lipinski definition) is 1. The first-order valence-electron chi connectivity index (χ1n) is 5.96. The Balaban J connectivity index is 2.42. The van der Waals surface area contributed by atoms with Crippen LogP contribution in [-0.2, 0) is 11.2 Å². The van der Waals surface area contributed by atoms with Crippen LogP contribution in [0.2, 0.25) is 0 Å². The third-order valence-electron chi connectivity index (χ3n) is 2.78. The molecule has 2 nitrogen and oxygen atoms in total. The molecule has 0 aliphatic carbocycles. The van der Waals surface area contributed by atoms with E-state index in [4.69, 9.17) is 0 Å². The van der Waals surface area contributed by atoms with E-state index in [0.717, 1.165) is 19.4 Å². The monoisotopic (exact) mass is 219 g/mol. The summed E-state index contributed by atoms with van der Waals surface area (Å²) in [5.41, 5.74) is 3.85. The quantitative estimate of drug-likeness (QED) is 0.810. The zero-order valence-electron chi connectivity index (χ0n) is 10.5. The van der Waals surface area contributed by atoms with E-state index in [1.54, 1.807) is 0 Å². The number of hydrogen-bond acceptors (Lipinski definition) is 1. The van der Waals surface area contributed by atoms with E-state index >= 15 is 0 Å². The standard InChI is InChI=1S/C14H21NO/c1-4-9-15-14(16)8-7-13-6-5-11(2)12(3)10-13/h5-6,10H,4,7-9H2,1-3H3,(H,15,16). The molecular formula is C14H21NO. The summed E-state index contributed by atoms with van der Waals surface area (Å²) in [6.45, 7) is 7.05. The highest BCUT2D eigenvalue weighted by atomic mass is 16.1. The molecule has 2 heteroatoms. The first kappa shape index (κ1) is 12.8. The smallest absolute Gasteiger partial charge is 0.220 e. The summed E-state index contributed by atoms with van der Waals surface area (Å²) in [6, 6.07) is 6.40. The Bertz CT molecular complexity index is 358. The van der Waals surface area contributed by atoms with Crippen molar-refractivity contribution in [1.29, 1.82) is 0 Å². The van der Waals surface area contributed by atoms with Gasteiger partial charge in [0.05, 0.1) is 0 Å². The van der Waals surface area contributed by atoms with Crippen LogP contribution < -0.4 is 5.32 Å². The molecule has 0 atom stereocenters. The van der Waals surface area contributed by atoms with Gasteiger partial charge in [0.25, 0.3) is 0 Å². The fourth-order valence-corrected chi connectivity index (χ4v) is 1.57. The predicted molar refractivity (Wildman–Crippen MR) is 67.5 cm³/mol. The number of aryl methyl sites for hydroxylation is 3. The van der Waals surface area contributed by atoms with E-state index in [1.807, 2.05) is 0 Å². The van der Waals surface area contributed by atoms with Crippen molar-refractivity contribution in [2.45, 2.75) is 40.0 Å². The van der Waals surface area contributed by atoms with E-state index in [1.165, 1.54) is 16.7 Å². The van der Waals surface area contributed by atoms with Gasteiger partial charge in [0, 0.05) is 13.0 Å². The number of amides is 1. The molecule has 0 unspecified atom stereocenters. The number of carbonyl (C=O) groups is 1. The summed E-state index contributed by atoms with van der Waals surface area (Å²) in [5, 5.41) is 2.89. The van der Waals surface area contributed by atoms with Crippen LogP contribution in [0.4, 0.5) is 0 Å². The van der Waals surface area contributed by atoms with E-state index in [-0.39, 0.29) is 5.91 Å². The van der Waals surface area contributed by atoms with Gasteiger partial charge in [0.15, 0.2) is 0 Å². The van der Waals surface area contributed by atoms with Gasteiger partial charge in [0.1, 0.15) is 0 Å². The van der Waals surface area contributed by atoms with Gasteiger partial charge in [-0.1, -0.05) is 25.1 Å². The molecule has 0 saturated carbocycles. The van der Waals surface area contributed by atoms with E-state index in [9.17, 15) is 4.79 Å². The number of rotatable bonds is 5. The van der Waals surface area contributed by atoms with Gasteiger partial charge in [-0.15, -0.1) is 0 Å². The first-order valence-corrected chi connectivity index (χ1v) is 5.96. The zero-order valence-corrected chi connectivity index (χ0v) is 10.5. The lowest BCUT2D eigenvalue weighted by Gasteiger charge is -2.06. The van der Waals surface area contributed by atoms with E-state index in [2.05, 4.69) is 44.3 Å². The molecule has 16 heavy (non-hydrogen) atoms. The Morgan fingerprint density at radius 1 is 1.25 bits per heavy atom. The third-order valence-corrected chi connectivity index (χ3v) is 2.78. The Labute approximate surface area is 98.1 Å². The van der Waals surface area contributed by atoms with Crippen molar-refractivity contribution < 1.29 is 4.79 Å². The maximum absolute atomic E-state index is 11.4. The lowest BCUT2D eigenvalue weighted by atomic mass is 10.0. The van der Waals surface area contributed by atoms with Crippen LogP contribution in [0.3, 0.4) is 0 Å². The highest BCUT2D eigenvalue weighted by Gasteiger charge is 2.02. The van der Waals surface area contributed by atoms with Crippen molar-refractivity contribution in [1.82, 2.24) is 5.32 Å². The maximum Gasteiger partial charge on any atom is 0.220 e. The number of nitrogens with one attached hydrogen (secondary N) is 1. The second kappa shape index (κ2) is 6.31. The van der Waals surface area contributed by atoms with Crippen molar-refractivity contribution in [3.8, 4) is 0 Å². The molecule has 0 bridgehead atoms. The molecule has 0 saturated heterocycles. The molecule has 1 amide bonds. The van der Waals surface area contributed by atoms with Crippen LogP contribution in [0.25, 0.3) is 0 Å². The molecule has 0 aromatic heterocycles. The molecule has 1 aromatic carbocycles. The molecule has 0 radical (unpaired) electrons. The molecule has 0 heterocycles. The molecule has 0 aliphatic heterocycles. The fourth-order valence-electron chi connectivity index (χ4n) is 1.57. The van der Waals surface area contributed by atoms with Crippen molar-refractivity contribution in [2.75, 3.05) is 6.54 Å². The number of carbonyl (C=O) groups excluding carboxylic acids is 1. The van der Waals surface area contributed by atoms with Gasteiger partial charge in [0.2, 0.25) is 5.91 Å². The number of benzene rings is 1. The normalized spacial score (nSPS) is 10.2. The zero-order chi connectivity index (χ0) is 12.0. The lowest BCUT2D eigenvalue weighted by molar-refractivity contribution is -0.121. The minimum Gasteiger partial charge on any atom is -0.356 e. The Hall–Kier alpha value is -1.31. The Morgan fingerprint density at radius 2 is 2.00 bits per heavy atom. The van der Waals surface area contributed by atoms with Gasteiger partial charge < -0.3 is 5.32 Å². The van der Waals surface area contributed by atoms with E-state index in [0.29, 0.717) is 6.42 Å². The molecule has 1 rings (SSSR count). The van der Waals surface area contributed by atoms with Crippen LogP contribution in [-0.4, -0.2) is 12.5 Å². The molecule has 0 spiro atoms. The van der Waals surface area contributed by atoms with Gasteiger partial charge in [-0.05, 0) is 43.4 Å². The summed E-state index contributed by atoms with van der Waals surface area (Å²) in [7, 11) is 0. The molecule has 0 aliphatic rings. The van der Waals surface area contributed by atoms with Gasteiger partial charge in [-0.3, -0.25) is 4.79 Å². The fraction of sp³-hybridized carbons (Fsp3) is 0.500. The van der Waals surface area contributed by atoms with Gasteiger partial charge in [-0.25, -0.2) is 0 Å². The molecule has 88 valence electrons. The predicted octanol–water partition coefficient (Wildman–Crippen LogP) is 2.76. The molecule has 1 aromatic rings. The summed E-state index contributed by atoms with van der Waals surface area (Å²) < 4.78 is 0. The van der Waals surface area contributed by atoms with Crippen LogP contribution in [0.5, 0.6) is 0 Å². The summed E-state index contributed by atoms with van der Waals surface area (Å²) >= 11 is 0. The minimum absolute atomic E-state index is 0.153. The topological polar surface area (TPSA) is 29.1 Å². The van der Waals surface area contributed by atoms with Gasteiger partial charge >= 0.3 is 0 Å². The largest absolute Gasteiger partial charge is 0.356 e. The van der Waals surface area contributed by atoms with Crippen LogP contribution >= 0.6 is 0 Å². The maximum atomic E-state index is 11.4. The molecule has 0 fully saturated rings. The van der Waals surface area contributed by atoms with Crippen LogP contribution in [0.15, 0.2) is 18.2 Å². The Morgan fingerprint density at radius 3 is 2.62 bits per heavy atom. The molecular weight excluding hydrogens is 198 g/mol. The lowest BCUT2D eigenvalue weighted by Crippen LogP contribution is -2.24. The summed E-state index contributed by atoms with van der Waals surface area (Å²) in [5.74, 6) is 0.153. The average molecular weight is 219 g/mol. The highest BCUT2D eigenvalue weighted by Crippen LogP contribution is 2.11. The molecule has 1 N–H and O–H groups in total. The van der Waals surface area contributed by atoms with Crippen LogP contribution in [0, 0.1) is 13.8 Å². The minimum atomic E-state index is 0.153. The Kier molecular flexibility index (Phi) is 5.03. The van der Waals surface area contributed by atoms with E-state index < -0.39 is 0 Å². The third kappa shape index (κ3) is 4.05. The van der Waals surface area contributed by atoms with Crippen molar-refractivity contribution in [3.05, 3.63) is 34.9 Å². The van der Waals surface area contributed by atoms with Gasteiger partial charge in [-0.2, -0.15) is 0 Å².